The van der Waals surface area contributed by atoms with E-state index in [0.29, 0.717) is 17.2 Å². The molecule has 0 amide bonds. The van der Waals surface area contributed by atoms with E-state index in [9.17, 15) is 9.90 Å². The molecule has 94 valence electrons. The van der Waals surface area contributed by atoms with Crippen molar-refractivity contribution < 1.29 is 19.4 Å². The average Bonchev–Trinajstić information content (AvgIpc) is 2.90. The molecule has 0 saturated heterocycles. The second-order valence-corrected chi connectivity index (χ2v) is 3.38. The van der Waals surface area contributed by atoms with Crippen molar-refractivity contribution in [2.24, 2.45) is 0 Å². The van der Waals surface area contributed by atoms with Crippen LogP contribution in [-0.4, -0.2) is 40.3 Å². The number of nitrogens with zero attached hydrogens (tertiary/aromatic N) is 3. The smallest absolute Gasteiger partial charge is 0.338 e. The van der Waals surface area contributed by atoms with Crippen molar-refractivity contribution >= 4 is 5.97 Å². The number of aromatic carboxylic acids is 1. The van der Waals surface area contributed by atoms with Crippen LogP contribution in [0.3, 0.4) is 0 Å². The molecule has 0 bridgehead atoms. The Balaban J connectivity index is 2.66. The number of carboxylic acids is 1. The summed E-state index contributed by atoms with van der Waals surface area (Å²) in [6, 6.07) is 2.93. The van der Waals surface area contributed by atoms with E-state index in [0.717, 1.165) is 0 Å². The minimum absolute atomic E-state index is 0.0538. The normalized spacial score (nSPS) is 10.1. The van der Waals surface area contributed by atoms with Crippen molar-refractivity contribution in [2.75, 3.05) is 14.2 Å². The summed E-state index contributed by atoms with van der Waals surface area (Å²) in [6.45, 7) is 0. The number of ether oxygens (including phenoxy) is 2. The molecule has 0 aliphatic heterocycles. The number of hydrogen-bond acceptors (Lipinski definition) is 5. The predicted octanol–water partition coefficient (Wildman–Crippen LogP) is 0.983. The Labute approximate surface area is 103 Å². The molecule has 1 aromatic heterocycles. The molecular weight excluding hydrogens is 238 g/mol. The van der Waals surface area contributed by atoms with E-state index in [2.05, 4.69) is 10.3 Å². The second kappa shape index (κ2) is 4.74. The van der Waals surface area contributed by atoms with Gasteiger partial charge in [0.15, 0.2) is 11.5 Å². The average molecular weight is 249 g/mol. The Morgan fingerprint density at radius 3 is 2.44 bits per heavy atom. The maximum Gasteiger partial charge on any atom is 0.338 e. The monoisotopic (exact) mass is 249 g/mol. The Morgan fingerprint density at radius 1 is 1.28 bits per heavy atom. The van der Waals surface area contributed by atoms with Crippen LogP contribution in [0, 0.1) is 0 Å². The zero-order valence-electron chi connectivity index (χ0n) is 9.82. The Kier molecular flexibility index (Phi) is 3.13. The van der Waals surface area contributed by atoms with E-state index in [1.165, 1.54) is 37.2 Å². The van der Waals surface area contributed by atoms with Gasteiger partial charge >= 0.3 is 5.97 Å². The fourth-order valence-corrected chi connectivity index (χ4v) is 1.57. The Morgan fingerprint density at radius 2 is 1.94 bits per heavy atom. The van der Waals surface area contributed by atoms with Gasteiger partial charge in [-0.25, -0.2) is 9.48 Å². The van der Waals surface area contributed by atoms with Gasteiger partial charge < -0.3 is 14.6 Å². The highest BCUT2D eigenvalue weighted by Crippen LogP contribution is 2.32. The first-order valence-corrected chi connectivity index (χ1v) is 5.03. The third-order valence-electron chi connectivity index (χ3n) is 2.40. The van der Waals surface area contributed by atoms with Gasteiger partial charge in [0.25, 0.3) is 0 Å². The summed E-state index contributed by atoms with van der Waals surface area (Å²) >= 11 is 0. The van der Waals surface area contributed by atoms with Gasteiger partial charge in [-0.1, -0.05) is 5.21 Å². The highest BCUT2D eigenvalue weighted by Gasteiger charge is 2.17. The maximum absolute atomic E-state index is 11.2. The molecular formula is C11H11N3O4. The minimum atomic E-state index is -1.08. The maximum atomic E-state index is 11.2. The third kappa shape index (κ3) is 1.97. The van der Waals surface area contributed by atoms with Gasteiger partial charge in [0.2, 0.25) is 0 Å². The first kappa shape index (κ1) is 11.9. The molecule has 0 atom stereocenters. The summed E-state index contributed by atoms with van der Waals surface area (Å²) in [5.41, 5.74) is 0.413. The largest absolute Gasteiger partial charge is 0.493 e. The van der Waals surface area contributed by atoms with Crippen molar-refractivity contribution in [1.82, 2.24) is 15.0 Å². The number of benzene rings is 1. The number of aromatic nitrogens is 3. The fraction of sp³-hybridized carbons (Fsp3) is 0.182. The van der Waals surface area contributed by atoms with E-state index in [1.807, 2.05) is 0 Å². The molecule has 7 nitrogen and oxygen atoms in total. The summed E-state index contributed by atoms with van der Waals surface area (Å²) in [5, 5.41) is 16.6. The molecule has 18 heavy (non-hydrogen) atoms. The fourth-order valence-electron chi connectivity index (χ4n) is 1.57. The van der Waals surface area contributed by atoms with E-state index >= 15 is 0 Å². The molecule has 0 radical (unpaired) electrons. The highest BCUT2D eigenvalue weighted by atomic mass is 16.5. The van der Waals surface area contributed by atoms with Crippen molar-refractivity contribution in [3.05, 3.63) is 30.1 Å². The zero-order valence-corrected chi connectivity index (χ0v) is 9.82. The second-order valence-electron chi connectivity index (χ2n) is 3.38. The van der Waals surface area contributed by atoms with Crippen LogP contribution < -0.4 is 9.47 Å². The van der Waals surface area contributed by atoms with Gasteiger partial charge in [-0.15, -0.1) is 5.10 Å². The van der Waals surface area contributed by atoms with Crippen molar-refractivity contribution in [3.63, 3.8) is 0 Å². The van der Waals surface area contributed by atoms with Crippen molar-refractivity contribution in [1.29, 1.82) is 0 Å². The molecule has 7 heteroatoms. The van der Waals surface area contributed by atoms with Crippen LogP contribution in [0.2, 0.25) is 0 Å². The van der Waals surface area contributed by atoms with Gasteiger partial charge in [-0.3, -0.25) is 0 Å². The van der Waals surface area contributed by atoms with Crippen LogP contribution in [0.5, 0.6) is 11.5 Å². The molecule has 1 aromatic carbocycles. The van der Waals surface area contributed by atoms with Crippen LogP contribution in [0.25, 0.3) is 5.69 Å². The zero-order chi connectivity index (χ0) is 13.1. The highest BCUT2D eigenvalue weighted by molar-refractivity contribution is 5.93. The molecule has 0 saturated carbocycles. The number of carbonyl (C=O) groups is 1. The molecule has 2 rings (SSSR count). The summed E-state index contributed by atoms with van der Waals surface area (Å²) in [7, 11) is 2.92. The molecule has 0 aliphatic rings. The number of rotatable bonds is 4. The van der Waals surface area contributed by atoms with Crippen LogP contribution in [0.15, 0.2) is 24.5 Å². The van der Waals surface area contributed by atoms with Crippen LogP contribution in [0.1, 0.15) is 10.4 Å². The van der Waals surface area contributed by atoms with Gasteiger partial charge in [0.05, 0.1) is 37.9 Å². The molecule has 0 aliphatic carbocycles. The molecule has 0 fully saturated rings. The van der Waals surface area contributed by atoms with Gasteiger partial charge in [-0.2, -0.15) is 0 Å². The van der Waals surface area contributed by atoms with Gasteiger partial charge in [-0.05, 0) is 0 Å². The molecule has 0 unspecified atom stereocenters. The first-order valence-electron chi connectivity index (χ1n) is 5.03. The molecule has 1 N–H and O–H groups in total. The van der Waals surface area contributed by atoms with E-state index in [4.69, 9.17) is 9.47 Å². The summed E-state index contributed by atoms with van der Waals surface area (Å²) in [5.74, 6) is -0.312. The van der Waals surface area contributed by atoms with Crippen molar-refractivity contribution in [2.45, 2.75) is 0 Å². The van der Waals surface area contributed by atoms with Gasteiger partial charge in [0, 0.05) is 12.1 Å². The SMILES string of the molecule is COc1cc(C(=O)O)c(-n2ccnn2)cc1OC. The van der Waals surface area contributed by atoms with Crippen LogP contribution >= 0.6 is 0 Å². The third-order valence-corrected chi connectivity index (χ3v) is 2.40. The lowest BCUT2D eigenvalue weighted by molar-refractivity contribution is 0.0696. The lowest BCUT2D eigenvalue weighted by Crippen LogP contribution is -2.07. The molecule has 0 spiro atoms. The van der Waals surface area contributed by atoms with E-state index in [1.54, 1.807) is 6.20 Å². The van der Waals surface area contributed by atoms with E-state index < -0.39 is 5.97 Å². The van der Waals surface area contributed by atoms with Crippen molar-refractivity contribution in [3.8, 4) is 17.2 Å². The predicted molar refractivity (Wildman–Crippen MR) is 61.4 cm³/mol. The number of hydrogen-bond donors (Lipinski definition) is 1. The summed E-state index contributed by atoms with van der Waals surface area (Å²) < 4.78 is 11.5. The molecule has 2 aromatic rings. The standard InChI is InChI=1S/C11H11N3O4/c1-17-9-5-7(11(15)16)8(6-10(9)18-2)14-4-3-12-13-14/h3-6H,1-2H3,(H,15,16). The topological polar surface area (TPSA) is 86.5 Å². The van der Waals surface area contributed by atoms with E-state index in [-0.39, 0.29) is 5.56 Å². The number of carboxylic acid groups (broad SMARTS) is 1. The minimum Gasteiger partial charge on any atom is -0.493 e. The number of methoxy groups -OCH3 is 2. The van der Waals surface area contributed by atoms with Crippen LogP contribution in [-0.2, 0) is 0 Å². The molecule has 1 heterocycles. The quantitative estimate of drug-likeness (QED) is 0.869. The lowest BCUT2D eigenvalue weighted by Gasteiger charge is -2.12. The first-order chi connectivity index (χ1) is 8.67. The van der Waals surface area contributed by atoms with Gasteiger partial charge in [0.1, 0.15) is 0 Å². The summed E-state index contributed by atoms with van der Waals surface area (Å²) in [6.07, 6.45) is 3.01. The Hall–Kier alpha value is -2.57. The Bertz CT molecular complexity index is 566. The van der Waals surface area contributed by atoms with Crippen LogP contribution in [0.4, 0.5) is 0 Å². The summed E-state index contributed by atoms with van der Waals surface area (Å²) in [4.78, 5) is 11.2. The lowest BCUT2D eigenvalue weighted by atomic mass is 10.1.